The molecule has 0 unspecified atom stereocenters. The van der Waals surface area contributed by atoms with Crippen LogP contribution in [0.2, 0.25) is 0 Å². The minimum absolute atomic E-state index is 0.0212. The van der Waals surface area contributed by atoms with E-state index < -0.39 is 0 Å². The summed E-state index contributed by atoms with van der Waals surface area (Å²) in [4.78, 5) is 27.8. The van der Waals surface area contributed by atoms with Gasteiger partial charge in [-0.25, -0.2) is 0 Å². The highest BCUT2D eigenvalue weighted by Gasteiger charge is 2.23. The quantitative estimate of drug-likeness (QED) is 0.459. The number of hydrogen-bond donors (Lipinski definition) is 1. The van der Waals surface area contributed by atoms with Crippen molar-refractivity contribution in [3.63, 3.8) is 0 Å². The van der Waals surface area contributed by atoms with Gasteiger partial charge in [0, 0.05) is 31.3 Å². The first kappa shape index (κ1) is 18.6. The molecule has 0 spiro atoms. The van der Waals surface area contributed by atoms with Crippen LogP contribution in [-0.4, -0.2) is 55.0 Å². The summed E-state index contributed by atoms with van der Waals surface area (Å²) in [6.07, 6.45) is 6.85. The molecule has 2 aliphatic rings. The van der Waals surface area contributed by atoms with Gasteiger partial charge >= 0.3 is 0 Å². The van der Waals surface area contributed by atoms with Crippen molar-refractivity contribution >= 4 is 17.3 Å². The van der Waals surface area contributed by atoms with Crippen LogP contribution in [-0.2, 0) is 0 Å². The predicted molar refractivity (Wildman–Crippen MR) is 102 cm³/mol. The number of nitrogens with zero attached hydrogens (tertiary/aromatic N) is 3. The molecular weight excluding hydrogens is 332 g/mol. The first-order valence-electron chi connectivity index (χ1n) is 9.69. The summed E-state index contributed by atoms with van der Waals surface area (Å²) in [6.45, 7) is 5.56. The molecule has 3 rings (SSSR count). The highest BCUT2D eigenvalue weighted by Crippen LogP contribution is 2.31. The Hall–Kier alpha value is -2.15. The molecule has 1 aromatic carbocycles. The van der Waals surface area contributed by atoms with Gasteiger partial charge < -0.3 is 15.1 Å². The van der Waals surface area contributed by atoms with E-state index in [0.717, 1.165) is 52.0 Å². The summed E-state index contributed by atoms with van der Waals surface area (Å²) < 4.78 is 0. The zero-order chi connectivity index (χ0) is 18.4. The van der Waals surface area contributed by atoms with Crippen LogP contribution in [0.15, 0.2) is 18.2 Å². The van der Waals surface area contributed by atoms with Crippen molar-refractivity contribution in [3.05, 3.63) is 33.9 Å². The molecule has 0 saturated carbocycles. The van der Waals surface area contributed by atoms with Crippen LogP contribution >= 0.6 is 0 Å². The molecule has 2 heterocycles. The lowest BCUT2D eigenvalue weighted by atomic mass is 10.1. The van der Waals surface area contributed by atoms with Crippen molar-refractivity contribution in [2.24, 2.45) is 0 Å². The van der Waals surface area contributed by atoms with Crippen molar-refractivity contribution in [2.45, 2.75) is 38.5 Å². The molecule has 0 radical (unpaired) electrons. The average Bonchev–Trinajstić information content (AvgIpc) is 3.20. The predicted octanol–water partition coefficient (Wildman–Crippen LogP) is 2.80. The van der Waals surface area contributed by atoms with Gasteiger partial charge in [0.15, 0.2) is 0 Å². The Bertz CT molecular complexity index is 638. The highest BCUT2D eigenvalue weighted by molar-refractivity contribution is 5.95. The molecule has 7 heteroatoms. The van der Waals surface area contributed by atoms with Gasteiger partial charge in [-0.2, -0.15) is 0 Å². The third-order valence-corrected chi connectivity index (χ3v) is 5.27. The molecule has 2 aliphatic heterocycles. The highest BCUT2D eigenvalue weighted by atomic mass is 16.6. The number of nitro groups is 1. The number of nitrogens with one attached hydrogen (secondary N) is 1. The average molecular weight is 360 g/mol. The largest absolute Gasteiger partial charge is 0.366 e. The van der Waals surface area contributed by atoms with Gasteiger partial charge in [-0.1, -0.05) is 6.42 Å². The third-order valence-electron chi connectivity index (χ3n) is 5.27. The fraction of sp³-hybridized carbons (Fsp3) is 0.632. The van der Waals surface area contributed by atoms with Crippen molar-refractivity contribution in [1.29, 1.82) is 0 Å². The minimum atomic E-state index is -0.388. The fourth-order valence-corrected chi connectivity index (χ4v) is 3.83. The normalized spacial score (nSPS) is 18.1. The second-order valence-electron chi connectivity index (χ2n) is 7.17. The summed E-state index contributed by atoms with van der Waals surface area (Å²) >= 11 is 0. The van der Waals surface area contributed by atoms with Gasteiger partial charge in [0.1, 0.15) is 5.69 Å². The van der Waals surface area contributed by atoms with Crippen LogP contribution in [0, 0.1) is 10.1 Å². The molecule has 0 atom stereocenters. The molecule has 1 aromatic rings. The summed E-state index contributed by atoms with van der Waals surface area (Å²) in [6, 6.07) is 4.82. The number of nitro benzene ring substituents is 1. The number of carbonyl (C=O) groups excluding carboxylic acids is 1. The molecule has 2 saturated heterocycles. The minimum Gasteiger partial charge on any atom is -0.366 e. The van der Waals surface area contributed by atoms with E-state index in [1.165, 1.54) is 25.3 Å². The van der Waals surface area contributed by atoms with E-state index in [-0.39, 0.29) is 16.5 Å². The Kier molecular flexibility index (Phi) is 6.44. The maximum atomic E-state index is 12.3. The smallest absolute Gasteiger partial charge is 0.293 e. The summed E-state index contributed by atoms with van der Waals surface area (Å²) in [5.41, 5.74) is 1.000. The first-order chi connectivity index (χ1) is 12.6. The van der Waals surface area contributed by atoms with Crippen LogP contribution in [0.4, 0.5) is 11.4 Å². The lowest BCUT2D eigenvalue weighted by Crippen LogP contribution is -2.33. The summed E-state index contributed by atoms with van der Waals surface area (Å²) in [7, 11) is 0. The van der Waals surface area contributed by atoms with E-state index in [1.54, 1.807) is 12.1 Å². The maximum absolute atomic E-state index is 12.3. The molecule has 1 amide bonds. The van der Waals surface area contributed by atoms with Gasteiger partial charge in [0.25, 0.3) is 11.6 Å². The number of benzene rings is 1. The van der Waals surface area contributed by atoms with Gasteiger partial charge in [-0.05, 0) is 63.9 Å². The van der Waals surface area contributed by atoms with E-state index >= 15 is 0 Å². The molecule has 0 bridgehead atoms. The number of piperidine rings is 1. The number of carbonyl (C=O) groups is 1. The molecule has 1 N–H and O–H groups in total. The standard InChI is InChI=1S/C19H28N4O3/c24-19(20-9-6-12-21-10-2-1-3-11-21)16-7-8-17(18(15-16)23(25)26)22-13-4-5-14-22/h7-8,15H,1-6,9-14H2,(H,20,24). The molecule has 26 heavy (non-hydrogen) atoms. The Balaban J connectivity index is 1.54. The Morgan fingerprint density at radius 3 is 2.46 bits per heavy atom. The van der Waals surface area contributed by atoms with Crippen LogP contribution in [0.3, 0.4) is 0 Å². The second kappa shape index (κ2) is 8.98. The van der Waals surface area contributed by atoms with Crippen LogP contribution in [0.25, 0.3) is 0 Å². The summed E-state index contributed by atoms with van der Waals surface area (Å²) in [5, 5.41) is 14.3. The van der Waals surface area contributed by atoms with Crippen molar-refractivity contribution in [2.75, 3.05) is 44.2 Å². The zero-order valence-corrected chi connectivity index (χ0v) is 15.3. The monoisotopic (exact) mass is 360 g/mol. The lowest BCUT2D eigenvalue weighted by molar-refractivity contribution is -0.384. The number of rotatable bonds is 7. The van der Waals surface area contributed by atoms with Crippen LogP contribution < -0.4 is 10.2 Å². The van der Waals surface area contributed by atoms with Crippen LogP contribution in [0.5, 0.6) is 0 Å². The van der Waals surface area contributed by atoms with E-state index in [9.17, 15) is 14.9 Å². The molecule has 0 aliphatic carbocycles. The third kappa shape index (κ3) is 4.72. The number of anilines is 1. The molecule has 2 fully saturated rings. The molecule has 0 aromatic heterocycles. The Labute approximate surface area is 154 Å². The topological polar surface area (TPSA) is 78.7 Å². The molecule has 7 nitrogen and oxygen atoms in total. The van der Waals surface area contributed by atoms with Gasteiger partial charge in [0.2, 0.25) is 0 Å². The second-order valence-corrected chi connectivity index (χ2v) is 7.17. The van der Waals surface area contributed by atoms with Crippen molar-refractivity contribution in [1.82, 2.24) is 10.2 Å². The number of amides is 1. The van der Waals surface area contributed by atoms with E-state index in [0.29, 0.717) is 17.8 Å². The molecular formula is C19H28N4O3. The summed E-state index contributed by atoms with van der Waals surface area (Å²) in [5.74, 6) is -0.236. The van der Waals surface area contributed by atoms with Gasteiger partial charge in [0.05, 0.1) is 4.92 Å². The van der Waals surface area contributed by atoms with Gasteiger partial charge in [-0.3, -0.25) is 14.9 Å². The van der Waals surface area contributed by atoms with E-state index in [4.69, 9.17) is 0 Å². The number of hydrogen-bond acceptors (Lipinski definition) is 5. The SMILES string of the molecule is O=C(NCCCN1CCCCC1)c1ccc(N2CCCC2)c([N+](=O)[O-])c1. The Morgan fingerprint density at radius 1 is 1.08 bits per heavy atom. The maximum Gasteiger partial charge on any atom is 0.293 e. The first-order valence-corrected chi connectivity index (χ1v) is 9.69. The van der Waals surface area contributed by atoms with E-state index in [2.05, 4.69) is 10.2 Å². The van der Waals surface area contributed by atoms with Gasteiger partial charge in [-0.15, -0.1) is 0 Å². The van der Waals surface area contributed by atoms with Crippen LogP contribution in [0.1, 0.15) is 48.9 Å². The molecule has 142 valence electrons. The number of likely N-dealkylation sites (tertiary alicyclic amines) is 1. The van der Waals surface area contributed by atoms with Crippen molar-refractivity contribution in [3.8, 4) is 0 Å². The fourth-order valence-electron chi connectivity index (χ4n) is 3.83. The Morgan fingerprint density at radius 2 is 1.77 bits per heavy atom. The lowest BCUT2D eigenvalue weighted by Gasteiger charge is -2.26. The zero-order valence-electron chi connectivity index (χ0n) is 15.3. The van der Waals surface area contributed by atoms with E-state index in [1.807, 2.05) is 4.90 Å². The van der Waals surface area contributed by atoms with Crippen molar-refractivity contribution < 1.29 is 9.72 Å².